The number of ether oxygens (including phenoxy) is 4. The van der Waals surface area contributed by atoms with Crippen molar-refractivity contribution in [3.05, 3.63) is 77.4 Å². The van der Waals surface area contributed by atoms with Crippen LogP contribution in [0.4, 0.5) is 17.1 Å². The number of nitrogens with one attached hydrogen (secondary N) is 2. The summed E-state index contributed by atoms with van der Waals surface area (Å²) < 4.78 is 23.3. The standard InChI is InChI=1S/C38H47N5O7/c1-21-31(39)41-27-18-25(14-16-29(27)47-21)38(40,34(46)50-36(6,7)8)20-23-10-12-24(13-11-23)37(9,33(45)49-35(3,4)5)43-26-15-17-30-28(19-26)42-32(44)22(2)48-30/h10-19,21-22,43H,20,40H2,1-9H3,(H2,39,41)(H,42,44). The summed E-state index contributed by atoms with van der Waals surface area (Å²) in [5, 5.41) is 6.17. The number of carbonyl (C=O) groups is 3. The number of anilines is 2. The third-order valence-corrected chi connectivity index (χ3v) is 8.33. The van der Waals surface area contributed by atoms with Gasteiger partial charge in [-0.3, -0.25) is 4.79 Å². The van der Waals surface area contributed by atoms with Crippen LogP contribution in [0.25, 0.3) is 0 Å². The lowest BCUT2D eigenvalue weighted by molar-refractivity contribution is -0.162. The van der Waals surface area contributed by atoms with Crippen molar-refractivity contribution >= 4 is 40.7 Å². The molecule has 0 saturated carbocycles. The smallest absolute Gasteiger partial charge is 0.336 e. The number of nitrogens with two attached hydrogens (primary N) is 2. The number of fused-ring (bicyclic) bond motifs is 2. The number of esters is 2. The molecule has 2 aliphatic heterocycles. The van der Waals surface area contributed by atoms with Crippen molar-refractivity contribution in [1.82, 2.24) is 0 Å². The normalized spacial score (nSPS) is 19.5. The molecule has 3 aromatic rings. The van der Waals surface area contributed by atoms with Gasteiger partial charge in [0.2, 0.25) is 0 Å². The first-order chi connectivity index (χ1) is 23.2. The summed E-state index contributed by atoms with van der Waals surface area (Å²) >= 11 is 0. The number of carbonyl (C=O) groups excluding carboxylic acids is 3. The van der Waals surface area contributed by atoms with Crippen LogP contribution in [0.15, 0.2) is 65.7 Å². The van der Waals surface area contributed by atoms with Crippen LogP contribution in [0.1, 0.15) is 79.0 Å². The number of hydrogen-bond acceptors (Lipinski definition) is 11. The Morgan fingerprint density at radius 3 is 2.04 bits per heavy atom. The highest BCUT2D eigenvalue weighted by Crippen LogP contribution is 2.39. The number of benzene rings is 3. The molecule has 0 fully saturated rings. The maximum atomic E-state index is 13.9. The average Bonchev–Trinajstić information content (AvgIpc) is 3.00. The minimum Gasteiger partial charge on any atom is -0.481 e. The van der Waals surface area contributed by atoms with Gasteiger partial charge >= 0.3 is 11.9 Å². The Hall–Kier alpha value is -5.10. The molecule has 0 radical (unpaired) electrons. The zero-order chi connectivity index (χ0) is 36.8. The molecule has 0 bridgehead atoms. The number of hydrogen-bond donors (Lipinski definition) is 4. The van der Waals surface area contributed by atoms with E-state index in [1.54, 1.807) is 111 Å². The molecule has 0 spiro atoms. The van der Waals surface area contributed by atoms with Gasteiger partial charge in [-0.1, -0.05) is 30.3 Å². The monoisotopic (exact) mass is 685 g/mol. The Kier molecular flexibility index (Phi) is 9.39. The van der Waals surface area contributed by atoms with Crippen molar-refractivity contribution in [2.45, 2.75) is 103 Å². The second-order valence-corrected chi connectivity index (χ2v) is 15.0. The van der Waals surface area contributed by atoms with Gasteiger partial charge in [0.05, 0.1) is 5.69 Å². The molecule has 4 atom stereocenters. The predicted octanol–water partition coefficient (Wildman–Crippen LogP) is 5.58. The van der Waals surface area contributed by atoms with Crippen molar-refractivity contribution in [2.75, 3.05) is 10.6 Å². The minimum atomic E-state index is -1.61. The van der Waals surface area contributed by atoms with Crippen LogP contribution in [0.3, 0.4) is 0 Å². The van der Waals surface area contributed by atoms with E-state index < -0.39 is 40.3 Å². The Morgan fingerprint density at radius 2 is 1.40 bits per heavy atom. The van der Waals surface area contributed by atoms with Crippen LogP contribution in [0.2, 0.25) is 0 Å². The predicted molar refractivity (Wildman–Crippen MR) is 192 cm³/mol. The van der Waals surface area contributed by atoms with Crippen molar-refractivity contribution in [3.8, 4) is 11.5 Å². The molecule has 0 saturated heterocycles. The molecule has 4 unspecified atom stereocenters. The number of nitrogens with zero attached hydrogens (tertiary/aromatic N) is 1. The fourth-order valence-corrected chi connectivity index (χ4v) is 5.60. The van der Waals surface area contributed by atoms with Crippen LogP contribution < -0.4 is 31.6 Å². The Balaban J connectivity index is 1.50. The summed E-state index contributed by atoms with van der Waals surface area (Å²) in [5.41, 5.74) is 11.8. The van der Waals surface area contributed by atoms with Crippen LogP contribution in [0.5, 0.6) is 11.5 Å². The first kappa shape index (κ1) is 36.2. The summed E-state index contributed by atoms with van der Waals surface area (Å²) in [7, 11) is 0. The van der Waals surface area contributed by atoms with E-state index in [9.17, 15) is 14.4 Å². The van der Waals surface area contributed by atoms with Gasteiger partial charge in [-0.15, -0.1) is 0 Å². The highest BCUT2D eigenvalue weighted by Gasteiger charge is 2.42. The minimum absolute atomic E-state index is 0.0664. The van der Waals surface area contributed by atoms with Gasteiger partial charge in [0.25, 0.3) is 5.91 Å². The molecular formula is C38H47N5O7. The molecular weight excluding hydrogens is 638 g/mol. The molecule has 50 heavy (non-hydrogen) atoms. The van der Waals surface area contributed by atoms with Gasteiger partial charge in [0.1, 0.15) is 39.8 Å². The van der Waals surface area contributed by atoms with Crippen LogP contribution >= 0.6 is 0 Å². The summed E-state index contributed by atoms with van der Waals surface area (Å²) in [6, 6.07) is 17.6. The van der Waals surface area contributed by atoms with Crippen molar-refractivity contribution in [1.29, 1.82) is 0 Å². The topological polar surface area (TPSA) is 177 Å². The van der Waals surface area contributed by atoms with E-state index in [4.69, 9.17) is 30.4 Å². The Morgan fingerprint density at radius 1 is 0.820 bits per heavy atom. The average molecular weight is 686 g/mol. The van der Waals surface area contributed by atoms with Crippen LogP contribution in [-0.2, 0) is 41.4 Å². The Bertz CT molecular complexity index is 1840. The van der Waals surface area contributed by atoms with Crippen molar-refractivity contribution in [3.63, 3.8) is 0 Å². The van der Waals surface area contributed by atoms with Crippen molar-refractivity contribution in [2.24, 2.45) is 16.5 Å². The fourth-order valence-electron chi connectivity index (χ4n) is 5.60. The molecule has 6 N–H and O–H groups in total. The van der Waals surface area contributed by atoms with Crippen LogP contribution in [-0.4, -0.2) is 47.1 Å². The maximum absolute atomic E-state index is 13.9. The lowest BCUT2D eigenvalue weighted by atomic mass is 9.83. The van der Waals surface area contributed by atoms with E-state index in [1.165, 1.54) is 0 Å². The Labute approximate surface area is 292 Å². The molecule has 0 aliphatic carbocycles. The van der Waals surface area contributed by atoms with E-state index in [2.05, 4.69) is 15.6 Å². The molecule has 266 valence electrons. The van der Waals surface area contributed by atoms with Crippen LogP contribution in [0, 0.1) is 0 Å². The fraction of sp³-hybridized carbons (Fsp3) is 0.421. The van der Waals surface area contributed by atoms with E-state index in [0.29, 0.717) is 51.1 Å². The van der Waals surface area contributed by atoms with Crippen molar-refractivity contribution < 1.29 is 33.3 Å². The van der Waals surface area contributed by atoms with E-state index >= 15 is 0 Å². The lowest BCUT2D eigenvalue weighted by Gasteiger charge is -2.34. The number of aliphatic imine (C=N–C) groups is 1. The second-order valence-electron chi connectivity index (χ2n) is 15.0. The van der Waals surface area contributed by atoms with Gasteiger partial charge < -0.3 is 41.0 Å². The quantitative estimate of drug-likeness (QED) is 0.219. The first-order valence-electron chi connectivity index (χ1n) is 16.6. The highest BCUT2D eigenvalue weighted by molar-refractivity contribution is 5.98. The van der Waals surface area contributed by atoms with Gasteiger partial charge in [-0.2, -0.15) is 0 Å². The second kappa shape index (κ2) is 13.0. The summed E-state index contributed by atoms with van der Waals surface area (Å²) in [5.74, 6) is -0.0281. The molecule has 2 aliphatic rings. The summed E-state index contributed by atoms with van der Waals surface area (Å²) in [6.07, 6.45) is -0.935. The molecule has 1 amide bonds. The SMILES string of the molecule is CC1Oc2ccc(NC(C)(C(=O)OC(C)(C)C)c3ccc(CC(N)(C(=O)OC(C)(C)C)c4ccc5c(c4)N=C(N)C(C)O5)cc3)cc2NC1=O. The third kappa shape index (κ3) is 7.70. The highest BCUT2D eigenvalue weighted by atomic mass is 16.6. The maximum Gasteiger partial charge on any atom is 0.336 e. The first-order valence-corrected chi connectivity index (χ1v) is 16.6. The summed E-state index contributed by atoms with van der Waals surface area (Å²) in [4.78, 5) is 44.4. The van der Waals surface area contributed by atoms with Gasteiger partial charge in [-0.05, 0) is 109 Å². The van der Waals surface area contributed by atoms with Gasteiger partial charge in [-0.25, -0.2) is 14.6 Å². The van der Waals surface area contributed by atoms with E-state index in [-0.39, 0.29) is 18.4 Å². The molecule has 12 heteroatoms. The van der Waals surface area contributed by atoms with E-state index in [0.717, 1.165) is 0 Å². The number of amidine groups is 1. The number of rotatable bonds is 8. The van der Waals surface area contributed by atoms with E-state index in [1.807, 2.05) is 12.1 Å². The number of amides is 1. The third-order valence-electron chi connectivity index (χ3n) is 8.33. The zero-order valence-corrected chi connectivity index (χ0v) is 30.1. The lowest BCUT2D eigenvalue weighted by Crippen LogP contribution is -2.50. The molecule has 0 aromatic heterocycles. The van der Waals surface area contributed by atoms with Gasteiger partial charge in [0.15, 0.2) is 17.7 Å². The largest absolute Gasteiger partial charge is 0.481 e. The molecule has 3 aromatic carbocycles. The molecule has 5 rings (SSSR count). The summed E-state index contributed by atoms with van der Waals surface area (Å²) in [6.45, 7) is 15.9. The molecule has 2 heterocycles. The zero-order valence-electron chi connectivity index (χ0n) is 30.1. The van der Waals surface area contributed by atoms with Gasteiger partial charge in [0, 0.05) is 12.1 Å². The molecule has 12 nitrogen and oxygen atoms in total.